The smallest absolute Gasteiger partial charge is 0.269 e. The van der Waals surface area contributed by atoms with Crippen molar-refractivity contribution in [3.63, 3.8) is 0 Å². The minimum absolute atomic E-state index is 0.0677. The molecule has 0 amide bonds. The first kappa shape index (κ1) is 15.1. The lowest BCUT2D eigenvalue weighted by atomic mass is 10.2. The van der Waals surface area contributed by atoms with Crippen LogP contribution >= 0.6 is 0 Å². The Morgan fingerprint density at radius 2 is 2.00 bits per heavy atom. The van der Waals surface area contributed by atoms with E-state index < -0.39 is 14.9 Å². The van der Waals surface area contributed by atoms with Crippen LogP contribution in [0.5, 0.6) is 0 Å². The average Bonchev–Trinajstić information content (AvgIpc) is 2.91. The van der Waals surface area contributed by atoms with Crippen LogP contribution in [-0.2, 0) is 22.2 Å². The van der Waals surface area contributed by atoms with Crippen molar-refractivity contribution in [3.05, 3.63) is 58.2 Å². The van der Waals surface area contributed by atoms with Crippen molar-refractivity contribution in [1.82, 2.24) is 14.7 Å². The van der Waals surface area contributed by atoms with Crippen LogP contribution in [0.15, 0.2) is 36.7 Å². The molecule has 0 aliphatic heterocycles. The molecule has 0 atom stereocenters. The summed E-state index contributed by atoms with van der Waals surface area (Å²) < 4.78 is 26.2. The lowest BCUT2D eigenvalue weighted by Crippen LogP contribution is -2.27. The number of sulfonamides is 1. The Kier molecular flexibility index (Phi) is 4.66. The summed E-state index contributed by atoms with van der Waals surface area (Å²) in [6.07, 6.45) is 3.73. The van der Waals surface area contributed by atoms with Gasteiger partial charge in [0.25, 0.3) is 5.69 Å². The maximum absolute atomic E-state index is 11.9. The van der Waals surface area contributed by atoms with Gasteiger partial charge in [-0.3, -0.25) is 10.1 Å². The number of aromatic amines is 1. The fraction of sp³-hybridized carbons (Fsp3) is 0.250. The SMILES string of the molecule is O=[N+]([O-])c1ccc(CS(=O)(=O)NCCc2ncc[nH]2)cc1. The number of nitrogens with one attached hydrogen (secondary N) is 2. The van der Waals surface area contributed by atoms with Crippen molar-refractivity contribution in [2.24, 2.45) is 0 Å². The molecule has 9 heteroatoms. The van der Waals surface area contributed by atoms with E-state index >= 15 is 0 Å². The standard InChI is InChI=1S/C12H14N4O4S/c17-16(18)11-3-1-10(2-4-11)9-21(19,20)15-6-5-12-13-7-8-14-12/h1-4,7-8,15H,5-6,9H2,(H,13,14). The molecule has 0 radical (unpaired) electrons. The Morgan fingerprint density at radius 3 is 2.57 bits per heavy atom. The van der Waals surface area contributed by atoms with Gasteiger partial charge in [0.05, 0.1) is 10.7 Å². The van der Waals surface area contributed by atoms with Crippen molar-refractivity contribution in [2.75, 3.05) is 6.54 Å². The van der Waals surface area contributed by atoms with Gasteiger partial charge in [0.15, 0.2) is 0 Å². The Morgan fingerprint density at radius 1 is 1.29 bits per heavy atom. The highest BCUT2D eigenvalue weighted by Gasteiger charge is 2.12. The molecule has 2 aromatic rings. The first-order valence-electron chi connectivity index (χ1n) is 6.15. The molecular weight excluding hydrogens is 296 g/mol. The number of aromatic nitrogens is 2. The van der Waals surface area contributed by atoms with Gasteiger partial charge in [-0.05, 0) is 5.56 Å². The maximum atomic E-state index is 11.9. The molecule has 21 heavy (non-hydrogen) atoms. The summed E-state index contributed by atoms with van der Waals surface area (Å²) in [4.78, 5) is 16.9. The largest absolute Gasteiger partial charge is 0.349 e. The van der Waals surface area contributed by atoms with Gasteiger partial charge in [-0.25, -0.2) is 18.1 Å². The topological polar surface area (TPSA) is 118 Å². The van der Waals surface area contributed by atoms with E-state index in [9.17, 15) is 18.5 Å². The molecule has 1 heterocycles. The second kappa shape index (κ2) is 6.46. The summed E-state index contributed by atoms with van der Waals surface area (Å²) in [5.41, 5.74) is 0.424. The first-order valence-corrected chi connectivity index (χ1v) is 7.80. The van der Waals surface area contributed by atoms with Gasteiger partial charge in [-0.1, -0.05) is 12.1 Å². The molecule has 1 aromatic carbocycles. The summed E-state index contributed by atoms with van der Waals surface area (Å²) >= 11 is 0. The molecule has 0 saturated heterocycles. The number of nitrogens with zero attached hydrogens (tertiary/aromatic N) is 2. The van der Waals surface area contributed by atoms with E-state index in [1.165, 1.54) is 24.3 Å². The summed E-state index contributed by atoms with van der Waals surface area (Å²) in [6, 6.07) is 5.44. The third-order valence-corrected chi connectivity index (χ3v) is 4.10. The first-order chi connectivity index (χ1) is 9.96. The van der Waals surface area contributed by atoms with Gasteiger partial charge < -0.3 is 4.98 Å². The number of nitro benzene ring substituents is 1. The Hall–Kier alpha value is -2.26. The number of rotatable bonds is 7. The minimum Gasteiger partial charge on any atom is -0.349 e. The zero-order valence-electron chi connectivity index (χ0n) is 11.0. The average molecular weight is 310 g/mol. The Bertz CT molecular complexity index is 695. The van der Waals surface area contributed by atoms with E-state index in [1.807, 2.05) is 0 Å². The van der Waals surface area contributed by atoms with Crippen LogP contribution < -0.4 is 4.72 Å². The van der Waals surface area contributed by atoms with E-state index in [2.05, 4.69) is 14.7 Å². The molecule has 0 aliphatic rings. The highest BCUT2D eigenvalue weighted by atomic mass is 32.2. The van der Waals surface area contributed by atoms with Crippen LogP contribution in [0.3, 0.4) is 0 Å². The van der Waals surface area contributed by atoms with Gasteiger partial charge in [0.2, 0.25) is 10.0 Å². The molecule has 112 valence electrons. The molecule has 2 rings (SSSR count). The van der Waals surface area contributed by atoms with Crippen LogP contribution in [-0.4, -0.2) is 29.9 Å². The van der Waals surface area contributed by atoms with Gasteiger partial charge in [0.1, 0.15) is 5.82 Å². The second-order valence-electron chi connectivity index (χ2n) is 4.36. The predicted octanol–water partition coefficient (Wildman–Crippen LogP) is 0.980. The molecule has 0 fully saturated rings. The van der Waals surface area contributed by atoms with E-state index in [4.69, 9.17) is 0 Å². The maximum Gasteiger partial charge on any atom is 0.269 e. The number of benzene rings is 1. The second-order valence-corrected chi connectivity index (χ2v) is 6.17. The molecular formula is C12H14N4O4S. The molecule has 0 unspecified atom stereocenters. The van der Waals surface area contributed by atoms with Crippen LogP contribution in [0, 0.1) is 10.1 Å². The highest BCUT2D eigenvalue weighted by Crippen LogP contribution is 2.13. The van der Waals surface area contributed by atoms with Gasteiger partial charge in [0, 0.05) is 37.5 Å². The lowest BCUT2D eigenvalue weighted by Gasteiger charge is -2.06. The van der Waals surface area contributed by atoms with Crippen LogP contribution in [0.4, 0.5) is 5.69 Å². The van der Waals surface area contributed by atoms with Gasteiger partial charge in [-0.15, -0.1) is 0 Å². The van der Waals surface area contributed by atoms with Crippen molar-refractivity contribution >= 4 is 15.7 Å². The number of non-ortho nitro benzene ring substituents is 1. The third kappa shape index (κ3) is 4.65. The summed E-state index contributed by atoms with van der Waals surface area (Å²) in [7, 11) is -3.48. The molecule has 0 saturated carbocycles. The highest BCUT2D eigenvalue weighted by molar-refractivity contribution is 7.88. The van der Waals surface area contributed by atoms with Crippen molar-refractivity contribution in [2.45, 2.75) is 12.2 Å². The lowest BCUT2D eigenvalue weighted by molar-refractivity contribution is -0.384. The summed E-state index contributed by atoms with van der Waals surface area (Å²) in [5, 5.41) is 10.5. The van der Waals surface area contributed by atoms with E-state index in [0.717, 1.165) is 0 Å². The number of hydrogen-bond donors (Lipinski definition) is 2. The molecule has 2 N–H and O–H groups in total. The van der Waals surface area contributed by atoms with Gasteiger partial charge >= 0.3 is 0 Å². The van der Waals surface area contributed by atoms with Crippen molar-refractivity contribution in [3.8, 4) is 0 Å². The molecule has 0 bridgehead atoms. The summed E-state index contributed by atoms with van der Waals surface area (Å²) in [6.45, 7) is 0.239. The van der Waals surface area contributed by atoms with Crippen LogP contribution in [0.25, 0.3) is 0 Å². The number of H-pyrrole nitrogens is 1. The van der Waals surface area contributed by atoms with Crippen LogP contribution in [0.1, 0.15) is 11.4 Å². The number of imidazole rings is 1. The Labute approximate surface area is 121 Å². The van der Waals surface area contributed by atoms with Crippen LogP contribution in [0.2, 0.25) is 0 Å². The van der Waals surface area contributed by atoms with Gasteiger partial charge in [-0.2, -0.15) is 0 Å². The van der Waals surface area contributed by atoms with E-state index in [-0.39, 0.29) is 18.0 Å². The normalized spacial score (nSPS) is 11.4. The number of nitro groups is 1. The fourth-order valence-corrected chi connectivity index (χ4v) is 2.89. The predicted molar refractivity (Wildman–Crippen MR) is 76.0 cm³/mol. The molecule has 8 nitrogen and oxygen atoms in total. The van der Waals surface area contributed by atoms with E-state index in [1.54, 1.807) is 12.4 Å². The quantitative estimate of drug-likeness (QED) is 0.584. The molecule has 1 aromatic heterocycles. The monoisotopic (exact) mass is 310 g/mol. The number of hydrogen-bond acceptors (Lipinski definition) is 5. The third-order valence-electron chi connectivity index (χ3n) is 2.74. The molecule has 0 spiro atoms. The molecule has 0 aliphatic carbocycles. The zero-order valence-corrected chi connectivity index (χ0v) is 11.8. The summed E-state index contributed by atoms with van der Waals surface area (Å²) in [5.74, 6) is 0.483. The van der Waals surface area contributed by atoms with E-state index in [0.29, 0.717) is 17.8 Å². The fourth-order valence-electron chi connectivity index (χ4n) is 1.74. The van der Waals surface area contributed by atoms with Crippen molar-refractivity contribution in [1.29, 1.82) is 0 Å². The zero-order chi connectivity index (χ0) is 15.3. The Balaban J connectivity index is 1.89. The van der Waals surface area contributed by atoms with Crippen molar-refractivity contribution < 1.29 is 13.3 Å². The minimum atomic E-state index is -3.48.